The lowest BCUT2D eigenvalue weighted by atomic mass is 10.1. The van der Waals surface area contributed by atoms with E-state index in [1.807, 2.05) is 31.2 Å². The molecule has 0 spiro atoms. The van der Waals surface area contributed by atoms with Gasteiger partial charge in [0.1, 0.15) is 12.4 Å². The predicted molar refractivity (Wildman–Crippen MR) is 87.1 cm³/mol. The first-order chi connectivity index (χ1) is 10.1. The average molecular weight is 345 g/mol. The highest BCUT2D eigenvalue weighted by Gasteiger charge is 2.09. The molecule has 0 bridgehead atoms. The molecule has 0 radical (unpaired) electrons. The summed E-state index contributed by atoms with van der Waals surface area (Å²) in [6, 6.07) is 13.6. The fourth-order valence-electron chi connectivity index (χ4n) is 2.18. The standard InChI is InChI=1S/C17H17BrN2O/c1-12-8-16(18)9-15(6-7-19)17(12)21-11-14-4-2-13(10-20)3-5-14/h2-5,8-9H,6-7,11,19H2,1H3. The lowest BCUT2D eigenvalue weighted by Gasteiger charge is -2.15. The van der Waals surface area contributed by atoms with Gasteiger partial charge in [0, 0.05) is 4.47 Å². The van der Waals surface area contributed by atoms with E-state index in [9.17, 15) is 0 Å². The maximum absolute atomic E-state index is 8.80. The molecule has 0 heterocycles. The summed E-state index contributed by atoms with van der Waals surface area (Å²) in [5.74, 6) is 0.896. The topological polar surface area (TPSA) is 59.0 Å². The van der Waals surface area contributed by atoms with Gasteiger partial charge in [-0.2, -0.15) is 5.26 Å². The minimum atomic E-state index is 0.478. The monoisotopic (exact) mass is 344 g/mol. The van der Waals surface area contributed by atoms with Gasteiger partial charge < -0.3 is 10.5 Å². The van der Waals surface area contributed by atoms with Gasteiger partial charge in [0.15, 0.2) is 0 Å². The second-order valence-corrected chi connectivity index (χ2v) is 5.76. The molecule has 2 rings (SSSR count). The van der Waals surface area contributed by atoms with Gasteiger partial charge in [0.05, 0.1) is 11.6 Å². The van der Waals surface area contributed by atoms with E-state index in [1.54, 1.807) is 12.1 Å². The van der Waals surface area contributed by atoms with Crippen LogP contribution in [0.3, 0.4) is 0 Å². The SMILES string of the molecule is Cc1cc(Br)cc(CCN)c1OCc1ccc(C#N)cc1. The third-order valence-electron chi connectivity index (χ3n) is 3.20. The minimum absolute atomic E-state index is 0.478. The van der Waals surface area contributed by atoms with Gasteiger partial charge in [-0.25, -0.2) is 0 Å². The zero-order chi connectivity index (χ0) is 15.2. The Morgan fingerprint density at radius 2 is 1.95 bits per heavy atom. The molecule has 0 saturated carbocycles. The highest BCUT2D eigenvalue weighted by atomic mass is 79.9. The molecule has 0 aliphatic carbocycles. The number of benzene rings is 2. The largest absolute Gasteiger partial charge is 0.488 e. The fraction of sp³-hybridized carbons (Fsp3) is 0.235. The van der Waals surface area contributed by atoms with Crippen LogP contribution in [0.15, 0.2) is 40.9 Å². The van der Waals surface area contributed by atoms with Crippen molar-refractivity contribution in [1.29, 1.82) is 5.26 Å². The van der Waals surface area contributed by atoms with Crippen molar-refractivity contribution in [3.05, 3.63) is 63.1 Å². The van der Waals surface area contributed by atoms with Crippen molar-refractivity contribution >= 4 is 15.9 Å². The molecule has 2 N–H and O–H groups in total. The van der Waals surface area contributed by atoms with Crippen molar-refractivity contribution in [2.45, 2.75) is 20.0 Å². The van der Waals surface area contributed by atoms with E-state index in [-0.39, 0.29) is 0 Å². The first-order valence-electron chi connectivity index (χ1n) is 6.75. The van der Waals surface area contributed by atoms with Crippen molar-refractivity contribution < 1.29 is 4.74 Å². The van der Waals surface area contributed by atoms with Crippen LogP contribution in [0.1, 0.15) is 22.3 Å². The highest BCUT2D eigenvalue weighted by molar-refractivity contribution is 9.10. The molecule has 0 saturated heterocycles. The van der Waals surface area contributed by atoms with E-state index in [1.165, 1.54) is 0 Å². The molecule has 2 aromatic carbocycles. The summed E-state index contributed by atoms with van der Waals surface area (Å²) in [6.07, 6.45) is 0.781. The van der Waals surface area contributed by atoms with Crippen molar-refractivity contribution in [3.8, 4) is 11.8 Å². The maximum atomic E-state index is 8.80. The fourth-order valence-corrected chi connectivity index (χ4v) is 2.80. The summed E-state index contributed by atoms with van der Waals surface area (Å²) < 4.78 is 7.01. The molecule has 108 valence electrons. The van der Waals surface area contributed by atoms with Gasteiger partial charge >= 0.3 is 0 Å². The average Bonchev–Trinajstić information content (AvgIpc) is 2.47. The Morgan fingerprint density at radius 1 is 1.24 bits per heavy atom. The summed E-state index contributed by atoms with van der Waals surface area (Å²) in [4.78, 5) is 0. The first kappa shape index (κ1) is 15.6. The number of nitrogens with two attached hydrogens (primary N) is 1. The van der Waals surface area contributed by atoms with Crippen LogP contribution in [0.25, 0.3) is 0 Å². The van der Waals surface area contributed by atoms with E-state index in [0.29, 0.717) is 18.7 Å². The lowest BCUT2D eigenvalue weighted by molar-refractivity contribution is 0.301. The number of nitrogens with zero attached hydrogens (tertiary/aromatic N) is 1. The Kier molecular flexibility index (Phi) is 5.38. The van der Waals surface area contributed by atoms with Crippen LogP contribution < -0.4 is 10.5 Å². The Balaban J connectivity index is 2.16. The summed E-state index contributed by atoms with van der Waals surface area (Å²) >= 11 is 3.50. The van der Waals surface area contributed by atoms with Crippen LogP contribution >= 0.6 is 15.9 Å². The summed E-state index contributed by atoms with van der Waals surface area (Å²) in [5, 5.41) is 8.80. The van der Waals surface area contributed by atoms with E-state index < -0.39 is 0 Å². The minimum Gasteiger partial charge on any atom is -0.488 e. The number of aryl methyl sites for hydroxylation is 1. The Morgan fingerprint density at radius 3 is 2.57 bits per heavy atom. The van der Waals surface area contributed by atoms with Crippen LogP contribution in [0.2, 0.25) is 0 Å². The van der Waals surface area contributed by atoms with Crippen molar-refractivity contribution in [3.63, 3.8) is 0 Å². The van der Waals surface area contributed by atoms with Crippen molar-refractivity contribution in [2.24, 2.45) is 5.73 Å². The number of nitriles is 1. The third kappa shape index (κ3) is 4.07. The van der Waals surface area contributed by atoms with Gasteiger partial charge in [-0.15, -0.1) is 0 Å². The Bertz CT molecular complexity index is 660. The summed E-state index contributed by atoms with van der Waals surface area (Å²) in [6.45, 7) is 3.09. The summed E-state index contributed by atoms with van der Waals surface area (Å²) in [5.41, 5.74) is 9.55. The molecule has 3 nitrogen and oxygen atoms in total. The molecule has 21 heavy (non-hydrogen) atoms. The molecular formula is C17H17BrN2O. The number of rotatable bonds is 5. The van der Waals surface area contributed by atoms with Crippen LogP contribution in [-0.2, 0) is 13.0 Å². The van der Waals surface area contributed by atoms with Crippen molar-refractivity contribution in [2.75, 3.05) is 6.54 Å². The molecule has 0 aromatic heterocycles. The number of hydrogen-bond donors (Lipinski definition) is 1. The first-order valence-corrected chi connectivity index (χ1v) is 7.54. The number of halogens is 1. The van der Waals surface area contributed by atoms with Gasteiger partial charge in [0.2, 0.25) is 0 Å². The predicted octanol–water partition coefficient (Wildman–Crippen LogP) is 3.71. The third-order valence-corrected chi connectivity index (χ3v) is 3.65. The van der Waals surface area contributed by atoms with Crippen LogP contribution in [-0.4, -0.2) is 6.54 Å². The van der Waals surface area contributed by atoms with Crippen LogP contribution in [0, 0.1) is 18.3 Å². The number of hydrogen-bond acceptors (Lipinski definition) is 3. The van der Waals surface area contributed by atoms with E-state index in [0.717, 1.165) is 33.3 Å². The van der Waals surface area contributed by atoms with E-state index in [4.69, 9.17) is 15.7 Å². The zero-order valence-corrected chi connectivity index (χ0v) is 13.5. The molecule has 2 aromatic rings. The van der Waals surface area contributed by atoms with Gasteiger partial charge in [0.25, 0.3) is 0 Å². The zero-order valence-electron chi connectivity index (χ0n) is 11.9. The Labute approximate surface area is 133 Å². The molecule has 0 amide bonds. The lowest BCUT2D eigenvalue weighted by Crippen LogP contribution is -2.06. The van der Waals surface area contributed by atoms with Crippen LogP contribution in [0.4, 0.5) is 0 Å². The van der Waals surface area contributed by atoms with Crippen LogP contribution in [0.5, 0.6) is 5.75 Å². The Hall–Kier alpha value is -1.83. The molecule has 0 unspecified atom stereocenters. The number of ether oxygens (including phenoxy) is 1. The highest BCUT2D eigenvalue weighted by Crippen LogP contribution is 2.29. The second-order valence-electron chi connectivity index (χ2n) is 4.85. The van der Waals surface area contributed by atoms with E-state index in [2.05, 4.69) is 22.0 Å². The molecule has 0 fully saturated rings. The van der Waals surface area contributed by atoms with Gasteiger partial charge in [-0.1, -0.05) is 28.1 Å². The molecule has 0 aliphatic rings. The van der Waals surface area contributed by atoms with Gasteiger partial charge in [-0.05, 0) is 60.8 Å². The normalized spacial score (nSPS) is 10.2. The smallest absolute Gasteiger partial charge is 0.126 e. The van der Waals surface area contributed by atoms with E-state index >= 15 is 0 Å². The second kappa shape index (κ2) is 7.26. The molecule has 4 heteroatoms. The molecular weight excluding hydrogens is 328 g/mol. The molecule has 0 aliphatic heterocycles. The quantitative estimate of drug-likeness (QED) is 0.899. The van der Waals surface area contributed by atoms with Crippen molar-refractivity contribution in [1.82, 2.24) is 0 Å². The summed E-state index contributed by atoms with van der Waals surface area (Å²) in [7, 11) is 0. The maximum Gasteiger partial charge on any atom is 0.126 e. The van der Waals surface area contributed by atoms with Gasteiger partial charge in [-0.3, -0.25) is 0 Å². The molecule has 0 atom stereocenters.